The number of rotatable bonds is 8. The first-order valence-corrected chi connectivity index (χ1v) is 7.92. The van der Waals surface area contributed by atoms with Gasteiger partial charge < -0.3 is 16.4 Å². The van der Waals surface area contributed by atoms with E-state index >= 15 is 0 Å². The molecule has 130 valence electrons. The molecule has 0 atom stereocenters. The van der Waals surface area contributed by atoms with Gasteiger partial charge in [-0.1, -0.05) is 26.8 Å². The van der Waals surface area contributed by atoms with Gasteiger partial charge in [0.2, 0.25) is 5.91 Å². The van der Waals surface area contributed by atoms with E-state index < -0.39 is 5.41 Å². The average Bonchev–Trinajstić information content (AvgIpc) is 2.55. The van der Waals surface area contributed by atoms with Crippen molar-refractivity contribution >= 4 is 29.9 Å². The summed E-state index contributed by atoms with van der Waals surface area (Å²) in [6, 6.07) is 6.96. The van der Waals surface area contributed by atoms with Crippen LogP contribution in [0.1, 0.15) is 50.4 Å². The topological polar surface area (TPSA) is 84.2 Å². The van der Waals surface area contributed by atoms with Crippen molar-refractivity contribution in [2.75, 3.05) is 18.4 Å². The molecule has 2 amide bonds. The fraction of sp³-hybridized carbons (Fsp3) is 0.529. The Hall–Kier alpha value is -1.59. The lowest BCUT2D eigenvalue weighted by Gasteiger charge is -2.28. The molecule has 0 spiro atoms. The molecule has 1 aromatic rings. The second-order valence-corrected chi connectivity index (χ2v) is 5.48. The summed E-state index contributed by atoms with van der Waals surface area (Å²) in [5, 5.41) is 5.71. The SMILES string of the molecule is CCCNC(=O)c1cccc(NC(=O)C(CC)(CC)CN)c1.Cl. The third kappa shape index (κ3) is 5.52. The van der Waals surface area contributed by atoms with Crippen molar-refractivity contribution in [3.63, 3.8) is 0 Å². The molecular formula is C17H28ClN3O2. The lowest BCUT2D eigenvalue weighted by atomic mass is 9.81. The fourth-order valence-electron chi connectivity index (χ4n) is 2.29. The number of amides is 2. The summed E-state index contributed by atoms with van der Waals surface area (Å²) in [6.07, 6.45) is 2.25. The summed E-state index contributed by atoms with van der Waals surface area (Å²) in [5.74, 6) is -0.222. The van der Waals surface area contributed by atoms with Gasteiger partial charge >= 0.3 is 0 Å². The van der Waals surface area contributed by atoms with E-state index in [0.29, 0.717) is 37.2 Å². The van der Waals surface area contributed by atoms with Crippen molar-refractivity contribution in [3.05, 3.63) is 29.8 Å². The summed E-state index contributed by atoms with van der Waals surface area (Å²) >= 11 is 0. The van der Waals surface area contributed by atoms with Crippen molar-refractivity contribution in [1.29, 1.82) is 0 Å². The third-order valence-corrected chi connectivity index (χ3v) is 4.14. The molecule has 23 heavy (non-hydrogen) atoms. The molecule has 0 heterocycles. The van der Waals surface area contributed by atoms with Crippen LogP contribution in [0.25, 0.3) is 0 Å². The Labute approximate surface area is 144 Å². The maximum atomic E-state index is 12.5. The van der Waals surface area contributed by atoms with E-state index in [2.05, 4.69) is 10.6 Å². The first-order chi connectivity index (χ1) is 10.5. The summed E-state index contributed by atoms with van der Waals surface area (Å²) in [6.45, 7) is 6.87. The fourth-order valence-corrected chi connectivity index (χ4v) is 2.29. The van der Waals surface area contributed by atoms with Gasteiger partial charge in [-0.05, 0) is 37.5 Å². The first kappa shape index (κ1) is 21.4. The van der Waals surface area contributed by atoms with Gasteiger partial charge in [-0.25, -0.2) is 0 Å². The summed E-state index contributed by atoms with van der Waals surface area (Å²) in [7, 11) is 0. The van der Waals surface area contributed by atoms with E-state index in [4.69, 9.17) is 5.73 Å². The third-order valence-electron chi connectivity index (χ3n) is 4.14. The number of hydrogen-bond acceptors (Lipinski definition) is 3. The Bertz CT molecular complexity index is 508. The molecular weight excluding hydrogens is 314 g/mol. The van der Waals surface area contributed by atoms with E-state index in [1.165, 1.54) is 0 Å². The molecule has 0 aliphatic rings. The van der Waals surface area contributed by atoms with Crippen molar-refractivity contribution in [2.24, 2.45) is 11.1 Å². The average molecular weight is 342 g/mol. The van der Waals surface area contributed by atoms with Crippen molar-refractivity contribution in [2.45, 2.75) is 40.0 Å². The maximum Gasteiger partial charge on any atom is 0.251 e. The molecule has 0 aliphatic heterocycles. The molecule has 0 aliphatic carbocycles. The normalized spacial score (nSPS) is 10.6. The molecule has 0 aromatic heterocycles. The van der Waals surface area contributed by atoms with Crippen LogP contribution in [0, 0.1) is 5.41 Å². The zero-order valence-electron chi connectivity index (χ0n) is 14.1. The van der Waals surface area contributed by atoms with E-state index in [9.17, 15) is 9.59 Å². The van der Waals surface area contributed by atoms with Gasteiger partial charge in [-0.2, -0.15) is 0 Å². The van der Waals surface area contributed by atoms with Crippen LogP contribution in [0.3, 0.4) is 0 Å². The summed E-state index contributed by atoms with van der Waals surface area (Å²) < 4.78 is 0. The monoisotopic (exact) mass is 341 g/mol. The number of halogens is 1. The van der Waals surface area contributed by atoms with Crippen LogP contribution in [-0.2, 0) is 4.79 Å². The first-order valence-electron chi connectivity index (χ1n) is 7.92. The molecule has 0 radical (unpaired) electrons. The highest BCUT2D eigenvalue weighted by atomic mass is 35.5. The van der Waals surface area contributed by atoms with Gasteiger partial charge in [0.05, 0.1) is 5.41 Å². The van der Waals surface area contributed by atoms with Crippen LogP contribution in [0.4, 0.5) is 5.69 Å². The highest BCUT2D eigenvalue weighted by molar-refractivity contribution is 5.98. The Morgan fingerprint density at radius 2 is 1.83 bits per heavy atom. The quantitative estimate of drug-likeness (QED) is 0.679. The number of carbonyl (C=O) groups is 2. The number of nitrogens with one attached hydrogen (secondary N) is 2. The van der Waals surface area contributed by atoms with Gasteiger partial charge in [0, 0.05) is 24.3 Å². The van der Waals surface area contributed by atoms with Gasteiger partial charge in [-0.3, -0.25) is 9.59 Å². The highest BCUT2D eigenvalue weighted by Crippen LogP contribution is 2.27. The predicted molar refractivity (Wildman–Crippen MR) is 97.0 cm³/mol. The zero-order chi connectivity index (χ0) is 16.6. The Kier molecular flexibility index (Phi) is 9.53. The smallest absolute Gasteiger partial charge is 0.251 e. The molecule has 0 bridgehead atoms. The van der Waals surface area contributed by atoms with E-state index in [1.54, 1.807) is 24.3 Å². The highest BCUT2D eigenvalue weighted by Gasteiger charge is 2.33. The molecule has 0 saturated heterocycles. The minimum absolute atomic E-state index is 0. The van der Waals surface area contributed by atoms with Gasteiger partial charge in [0.15, 0.2) is 0 Å². The molecule has 0 fully saturated rings. The molecule has 1 rings (SSSR count). The largest absolute Gasteiger partial charge is 0.352 e. The number of carbonyl (C=O) groups excluding carboxylic acids is 2. The van der Waals surface area contributed by atoms with E-state index in [1.807, 2.05) is 20.8 Å². The van der Waals surface area contributed by atoms with Crippen LogP contribution in [0.15, 0.2) is 24.3 Å². The number of hydrogen-bond donors (Lipinski definition) is 3. The summed E-state index contributed by atoms with van der Waals surface area (Å²) in [4.78, 5) is 24.5. The van der Waals surface area contributed by atoms with Crippen LogP contribution in [0.2, 0.25) is 0 Å². The lowest BCUT2D eigenvalue weighted by molar-refractivity contribution is -0.125. The molecule has 0 saturated carbocycles. The number of anilines is 1. The molecule has 0 unspecified atom stereocenters. The molecule has 4 N–H and O–H groups in total. The van der Waals surface area contributed by atoms with Crippen LogP contribution >= 0.6 is 12.4 Å². The standard InChI is InChI=1S/C17H27N3O2.ClH/c1-4-10-19-15(21)13-8-7-9-14(11-13)20-16(22)17(5-2,6-3)12-18;/h7-9,11H,4-6,10,12,18H2,1-3H3,(H,19,21)(H,20,22);1H. The number of benzene rings is 1. The lowest BCUT2D eigenvalue weighted by Crippen LogP contribution is -2.41. The van der Waals surface area contributed by atoms with Crippen LogP contribution in [-0.4, -0.2) is 24.9 Å². The predicted octanol–water partition coefficient (Wildman–Crippen LogP) is 2.95. The van der Waals surface area contributed by atoms with Gasteiger partial charge in [0.1, 0.15) is 0 Å². The second-order valence-electron chi connectivity index (χ2n) is 5.48. The number of nitrogens with two attached hydrogens (primary N) is 1. The van der Waals surface area contributed by atoms with Crippen LogP contribution < -0.4 is 16.4 Å². The Morgan fingerprint density at radius 1 is 1.17 bits per heavy atom. The van der Waals surface area contributed by atoms with Crippen molar-refractivity contribution in [3.8, 4) is 0 Å². The Balaban J connectivity index is 0.00000484. The molecule has 6 heteroatoms. The summed E-state index contributed by atoms with van der Waals surface area (Å²) in [5.41, 5.74) is 6.40. The minimum atomic E-state index is -0.555. The van der Waals surface area contributed by atoms with Gasteiger partial charge in [0.25, 0.3) is 5.91 Å². The Morgan fingerprint density at radius 3 is 2.35 bits per heavy atom. The van der Waals surface area contributed by atoms with E-state index in [0.717, 1.165) is 6.42 Å². The van der Waals surface area contributed by atoms with Crippen LogP contribution in [0.5, 0.6) is 0 Å². The van der Waals surface area contributed by atoms with Crippen molar-refractivity contribution in [1.82, 2.24) is 5.32 Å². The second kappa shape index (κ2) is 10.2. The molecule has 1 aromatic carbocycles. The van der Waals surface area contributed by atoms with E-state index in [-0.39, 0.29) is 24.2 Å². The van der Waals surface area contributed by atoms with Gasteiger partial charge in [-0.15, -0.1) is 12.4 Å². The zero-order valence-corrected chi connectivity index (χ0v) is 15.0. The molecule has 5 nitrogen and oxygen atoms in total. The minimum Gasteiger partial charge on any atom is -0.352 e. The van der Waals surface area contributed by atoms with Crippen molar-refractivity contribution < 1.29 is 9.59 Å². The maximum absolute atomic E-state index is 12.5.